The largest absolute Gasteiger partial charge is 0.435 e. The monoisotopic (exact) mass is 278 g/mol. The maximum atomic E-state index is 12.0. The maximum absolute atomic E-state index is 12.0. The van der Waals surface area contributed by atoms with Crippen LogP contribution in [0.25, 0.3) is 0 Å². The fraction of sp³-hybridized carbons (Fsp3) is 0.250. The lowest BCUT2D eigenvalue weighted by atomic mass is 10.0. The average molecular weight is 278 g/mol. The van der Waals surface area contributed by atoms with Gasteiger partial charge in [0.25, 0.3) is 0 Å². The molecule has 0 amide bonds. The second-order valence-electron chi connectivity index (χ2n) is 4.65. The Morgan fingerprint density at radius 2 is 1.60 bits per heavy atom. The topological polar surface area (TPSA) is 29.5 Å². The predicted molar refractivity (Wildman–Crippen MR) is 72.9 cm³/mol. The van der Waals surface area contributed by atoms with Crippen molar-refractivity contribution in [2.75, 3.05) is 0 Å². The molecule has 1 unspecified atom stereocenters. The van der Waals surface area contributed by atoms with Crippen molar-refractivity contribution in [2.24, 2.45) is 0 Å². The molecule has 2 nitrogen and oxygen atoms in total. The van der Waals surface area contributed by atoms with Gasteiger partial charge < -0.3 is 9.84 Å². The van der Waals surface area contributed by atoms with Crippen LogP contribution < -0.4 is 4.74 Å². The molecule has 2 aromatic carbocycles. The molecule has 0 heterocycles. The van der Waals surface area contributed by atoms with Crippen molar-refractivity contribution in [3.63, 3.8) is 0 Å². The van der Waals surface area contributed by atoms with E-state index in [0.29, 0.717) is 12.0 Å². The van der Waals surface area contributed by atoms with Crippen molar-refractivity contribution in [1.29, 1.82) is 0 Å². The molecule has 0 aliphatic rings. The molecule has 0 radical (unpaired) electrons. The Balaban J connectivity index is 2.01. The number of ether oxygens (including phenoxy) is 1. The zero-order valence-corrected chi connectivity index (χ0v) is 11.1. The molecule has 0 saturated heterocycles. The van der Waals surface area contributed by atoms with Gasteiger partial charge in [-0.05, 0) is 30.2 Å². The number of hydrogen-bond donors (Lipinski definition) is 1. The van der Waals surface area contributed by atoms with E-state index in [9.17, 15) is 13.9 Å². The summed E-state index contributed by atoms with van der Waals surface area (Å²) in [6.45, 7) is -0.833. The number of aliphatic hydroxyl groups is 1. The van der Waals surface area contributed by atoms with Gasteiger partial charge in [0.2, 0.25) is 0 Å². The van der Waals surface area contributed by atoms with Gasteiger partial charge in [0.15, 0.2) is 0 Å². The normalized spacial score (nSPS) is 12.4. The number of aryl methyl sites for hydroxylation is 1. The van der Waals surface area contributed by atoms with Crippen LogP contribution in [0.5, 0.6) is 5.75 Å². The van der Waals surface area contributed by atoms with Gasteiger partial charge in [-0.2, -0.15) is 8.78 Å². The van der Waals surface area contributed by atoms with E-state index in [1.165, 1.54) is 12.1 Å². The molecule has 4 heteroatoms. The molecule has 0 spiro atoms. The number of hydrogen-bond acceptors (Lipinski definition) is 2. The minimum absolute atomic E-state index is 0.0892. The zero-order chi connectivity index (χ0) is 14.5. The Morgan fingerprint density at radius 3 is 2.15 bits per heavy atom. The van der Waals surface area contributed by atoms with E-state index in [4.69, 9.17) is 0 Å². The van der Waals surface area contributed by atoms with Crippen LogP contribution in [-0.2, 0) is 6.42 Å². The Labute approximate surface area is 116 Å². The molecular formula is C16H16F2O2. The highest BCUT2D eigenvalue weighted by Crippen LogP contribution is 2.22. The van der Waals surface area contributed by atoms with Crippen molar-refractivity contribution in [3.05, 3.63) is 65.2 Å². The molecule has 0 fully saturated rings. The van der Waals surface area contributed by atoms with Crippen LogP contribution in [0.2, 0.25) is 0 Å². The second kappa shape index (κ2) is 6.48. The lowest BCUT2D eigenvalue weighted by Crippen LogP contribution is -2.04. The van der Waals surface area contributed by atoms with E-state index in [-0.39, 0.29) is 5.75 Å². The summed E-state index contributed by atoms with van der Waals surface area (Å²) in [7, 11) is 0. The highest BCUT2D eigenvalue weighted by Gasteiger charge is 2.10. The minimum atomic E-state index is -2.83. The van der Waals surface area contributed by atoms with Crippen molar-refractivity contribution < 1.29 is 18.6 Å². The molecule has 0 aromatic heterocycles. The van der Waals surface area contributed by atoms with Crippen LogP contribution in [0.1, 0.15) is 22.8 Å². The summed E-state index contributed by atoms with van der Waals surface area (Å²) in [5.74, 6) is 0.0892. The Morgan fingerprint density at radius 1 is 1.00 bits per heavy atom. The third-order valence-electron chi connectivity index (χ3n) is 3.04. The van der Waals surface area contributed by atoms with Crippen molar-refractivity contribution in [2.45, 2.75) is 26.1 Å². The third kappa shape index (κ3) is 4.03. The van der Waals surface area contributed by atoms with Crippen LogP contribution in [-0.4, -0.2) is 11.7 Å². The first-order chi connectivity index (χ1) is 9.54. The summed E-state index contributed by atoms with van der Waals surface area (Å²) < 4.78 is 28.3. The third-order valence-corrected chi connectivity index (χ3v) is 3.04. The summed E-state index contributed by atoms with van der Waals surface area (Å²) in [6.07, 6.45) is -0.187. The summed E-state index contributed by atoms with van der Waals surface area (Å²) in [6, 6.07) is 14.0. The van der Waals surface area contributed by atoms with Gasteiger partial charge >= 0.3 is 6.61 Å². The Hall–Kier alpha value is -1.94. The van der Waals surface area contributed by atoms with Gasteiger partial charge in [-0.1, -0.05) is 42.0 Å². The summed E-state index contributed by atoms with van der Waals surface area (Å²) in [5.41, 5.74) is 2.86. The second-order valence-corrected chi connectivity index (χ2v) is 4.65. The van der Waals surface area contributed by atoms with Crippen LogP contribution >= 0.6 is 0 Å². The first-order valence-corrected chi connectivity index (χ1v) is 6.33. The molecule has 1 atom stereocenters. The lowest BCUT2D eigenvalue weighted by Gasteiger charge is -2.12. The number of aliphatic hydroxyl groups excluding tert-OH is 1. The van der Waals surface area contributed by atoms with Crippen molar-refractivity contribution >= 4 is 0 Å². The minimum Gasteiger partial charge on any atom is -0.435 e. The van der Waals surface area contributed by atoms with E-state index in [1.54, 1.807) is 12.1 Å². The maximum Gasteiger partial charge on any atom is 0.387 e. The predicted octanol–water partition coefficient (Wildman–Crippen LogP) is 3.87. The quantitative estimate of drug-likeness (QED) is 0.899. The van der Waals surface area contributed by atoms with Crippen LogP contribution in [0.15, 0.2) is 48.5 Å². The smallest absolute Gasteiger partial charge is 0.387 e. The molecular weight excluding hydrogens is 262 g/mol. The van der Waals surface area contributed by atoms with Gasteiger partial charge in [0.1, 0.15) is 5.75 Å². The molecule has 0 bridgehead atoms. The summed E-state index contributed by atoms with van der Waals surface area (Å²) >= 11 is 0. The van der Waals surface area contributed by atoms with Crippen LogP contribution in [0.4, 0.5) is 8.78 Å². The molecule has 0 aliphatic carbocycles. The standard InChI is InChI=1S/C16H16F2O2/c1-11-2-4-12(5-3-11)10-15(19)13-6-8-14(9-7-13)20-16(17)18/h2-9,15-16,19H,10H2,1H3. The van der Waals surface area contributed by atoms with E-state index in [2.05, 4.69) is 4.74 Å². The van der Waals surface area contributed by atoms with Gasteiger partial charge in [0, 0.05) is 6.42 Å². The fourth-order valence-corrected chi connectivity index (χ4v) is 1.94. The number of alkyl halides is 2. The molecule has 0 aliphatic heterocycles. The number of halogens is 2. The fourth-order valence-electron chi connectivity index (χ4n) is 1.94. The van der Waals surface area contributed by atoms with Gasteiger partial charge in [0.05, 0.1) is 6.10 Å². The van der Waals surface area contributed by atoms with Crippen LogP contribution in [0.3, 0.4) is 0 Å². The van der Waals surface area contributed by atoms with E-state index >= 15 is 0 Å². The van der Waals surface area contributed by atoms with Gasteiger partial charge in [-0.3, -0.25) is 0 Å². The van der Waals surface area contributed by atoms with E-state index < -0.39 is 12.7 Å². The summed E-state index contributed by atoms with van der Waals surface area (Å²) in [5, 5.41) is 10.1. The number of benzene rings is 2. The molecule has 1 N–H and O–H groups in total. The zero-order valence-electron chi connectivity index (χ0n) is 11.1. The van der Waals surface area contributed by atoms with Crippen molar-refractivity contribution in [3.8, 4) is 5.75 Å². The molecule has 106 valence electrons. The van der Waals surface area contributed by atoms with Crippen LogP contribution in [0, 0.1) is 6.92 Å². The highest BCUT2D eigenvalue weighted by atomic mass is 19.3. The SMILES string of the molecule is Cc1ccc(CC(O)c2ccc(OC(F)F)cc2)cc1. The van der Waals surface area contributed by atoms with E-state index in [0.717, 1.165) is 11.1 Å². The first kappa shape index (κ1) is 14.5. The average Bonchev–Trinajstić information content (AvgIpc) is 2.41. The summed E-state index contributed by atoms with van der Waals surface area (Å²) in [4.78, 5) is 0. The first-order valence-electron chi connectivity index (χ1n) is 6.33. The Bertz CT molecular complexity index is 535. The highest BCUT2D eigenvalue weighted by molar-refractivity contribution is 5.30. The van der Waals surface area contributed by atoms with Gasteiger partial charge in [-0.15, -0.1) is 0 Å². The Kier molecular flexibility index (Phi) is 4.69. The molecule has 2 aromatic rings. The molecule has 2 rings (SSSR count). The van der Waals surface area contributed by atoms with Crippen molar-refractivity contribution in [1.82, 2.24) is 0 Å². The molecule has 20 heavy (non-hydrogen) atoms. The lowest BCUT2D eigenvalue weighted by molar-refractivity contribution is -0.0498. The molecule has 0 saturated carbocycles. The number of rotatable bonds is 5. The van der Waals surface area contributed by atoms with E-state index in [1.807, 2.05) is 31.2 Å². The van der Waals surface area contributed by atoms with Gasteiger partial charge in [-0.25, -0.2) is 0 Å².